The van der Waals surface area contributed by atoms with E-state index in [0.29, 0.717) is 0 Å². The number of carboxylic acids is 1. The van der Waals surface area contributed by atoms with Crippen molar-refractivity contribution in [3.05, 3.63) is 0 Å². The molecule has 0 saturated carbocycles. The molecule has 0 aliphatic heterocycles. The molecular weight excluding hydrogens is 277 g/mol. The number of alkyl halides is 7. The van der Waals surface area contributed by atoms with Gasteiger partial charge in [0.1, 0.15) is 5.92 Å². The van der Waals surface area contributed by atoms with Crippen LogP contribution >= 0.6 is 0 Å². The predicted octanol–water partition coefficient (Wildman–Crippen LogP) is 2.50. The normalized spacial score (nSPS) is 15.3. The van der Waals surface area contributed by atoms with Crippen molar-refractivity contribution >= 4 is 11.8 Å². The largest absolute Gasteiger partial charge is 0.481 e. The number of aliphatic carboxylic acids is 1. The maximum absolute atomic E-state index is 12.8. The number of ketones is 1. The highest BCUT2D eigenvalue weighted by Gasteiger charge is 2.76. The topological polar surface area (TPSA) is 54.4 Å². The van der Waals surface area contributed by atoms with Crippen LogP contribution in [0.2, 0.25) is 0 Å². The van der Waals surface area contributed by atoms with Crippen molar-refractivity contribution in [1.29, 1.82) is 0 Å². The van der Waals surface area contributed by atoms with E-state index in [9.17, 15) is 40.3 Å². The fraction of sp³-hybridized carbons (Fsp3) is 0.750. The molecule has 0 aliphatic carbocycles. The van der Waals surface area contributed by atoms with Crippen molar-refractivity contribution in [1.82, 2.24) is 0 Å². The van der Waals surface area contributed by atoms with Crippen LogP contribution in [0.5, 0.6) is 0 Å². The predicted molar refractivity (Wildman–Crippen MR) is 42.4 cm³/mol. The molecule has 106 valence electrons. The van der Waals surface area contributed by atoms with Crippen molar-refractivity contribution in [2.45, 2.75) is 31.4 Å². The Hall–Kier alpha value is -1.35. The Morgan fingerprint density at radius 2 is 1.44 bits per heavy atom. The van der Waals surface area contributed by atoms with Gasteiger partial charge >= 0.3 is 24.0 Å². The van der Waals surface area contributed by atoms with Crippen molar-refractivity contribution in [3.63, 3.8) is 0 Å². The summed E-state index contributed by atoms with van der Waals surface area (Å²) in [6.45, 7) is 0.887. The van der Waals surface area contributed by atoms with Gasteiger partial charge in [-0.25, -0.2) is 0 Å². The van der Waals surface area contributed by atoms with E-state index in [2.05, 4.69) is 0 Å². The Kier molecular flexibility index (Phi) is 4.37. The third kappa shape index (κ3) is 2.56. The molecule has 0 unspecified atom stereocenters. The van der Waals surface area contributed by atoms with Crippen LogP contribution in [0.3, 0.4) is 0 Å². The zero-order valence-corrected chi connectivity index (χ0v) is 8.69. The summed E-state index contributed by atoms with van der Waals surface area (Å²) in [7, 11) is 0. The zero-order chi connectivity index (χ0) is 14.9. The van der Waals surface area contributed by atoms with Gasteiger partial charge in [0.25, 0.3) is 0 Å². The zero-order valence-electron chi connectivity index (χ0n) is 8.69. The minimum Gasteiger partial charge on any atom is -0.481 e. The van der Waals surface area contributed by atoms with Crippen LogP contribution in [0.4, 0.5) is 30.7 Å². The fourth-order valence-electron chi connectivity index (χ4n) is 1.02. The molecule has 0 saturated heterocycles. The quantitative estimate of drug-likeness (QED) is 0.623. The molecule has 0 aromatic carbocycles. The van der Waals surface area contributed by atoms with Crippen LogP contribution in [0.1, 0.15) is 13.3 Å². The van der Waals surface area contributed by atoms with E-state index >= 15 is 0 Å². The number of hydrogen-bond acceptors (Lipinski definition) is 2. The minimum absolute atomic E-state index is 0.836. The molecule has 3 nitrogen and oxygen atoms in total. The molecule has 0 aromatic heterocycles. The van der Waals surface area contributed by atoms with Crippen LogP contribution in [0.25, 0.3) is 0 Å². The SMILES string of the molecule is CC[C@@H](C(=O)O)C(=O)C(F)(F)C(F)(F)C(F)(F)F. The monoisotopic (exact) mass is 284 g/mol. The summed E-state index contributed by atoms with van der Waals surface area (Å²) >= 11 is 0. The average molecular weight is 284 g/mol. The molecule has 0 radical (unpaired) electrons. The summed E-state index contributed by atoms with van der Waals surface area (Å²) in [4.78, 5) is 21.1. The Morgan fingerprint density at radius 3 is 1.67 bits per heavy atom. The molecule has 18 heavy (non-hydrogen) atoms. The fourth-order valence-corrected chi connectivity index (χ4v) is 1.02. The molecule has 0 heterocycles. The highest BCUT2D eigenvalue weighted by atomic mass is 19.4. The van der Waals surface area contributed by atoms with E-state index in [1.165, 1.54) is 0 Å². The summed E-state index contributed by atoms with van der Waals surface area (Å²) in [6.07, 6.45) is -7.50. The first-order chi connectivity index (χ1) is 7.80. The lowest BCUT2D eigenvalue weighted by molar-refractivity contribution is -0.344. The smallest absolute Gasteiger partial charge is 0.460 e. The maximum Gasteiger partial charge on any atom is 0.460 e. The highest BCUT2D eigenvalue weighted by Crippen LogP contribution is 2.47. The number of halogens is 7. The van der Waals surface area contributed by atoms with Gasteiger partial charge in [0, 0.05) is 0 Å². The van der Waals surface area contributed by atoms with E-state index in [4.69, 9.17) is 5.11 Å². The number of hydrogen-bond donors (Lipinski definition) is 1. The van der Waals surface area contributed by atoms with Gasteiger partial charge in [-0.15, -0.1) is 0 Å². The Balaban J connectivity index is 5.52. The molecule has 0 spiro atoms. The first kappa shape index (κ1) is 16.6. The van der Waals surface area contributed by atoms with Crippen molar-refractivity contribution in [2.75, 3.05) is 0 Å². The van der Waals surface area contributed by atoms with Crippen LogP contribution in [0.15, 0.2) is 0 Å². The van der Waals surface area contributed by atoms with Gasteiger partial charge < -0.3 is 5.11 Å². The second-order valence-electron chi connectivity index (χ2n) is 3.31. The third-order valence-corrected chi connectivity index (χ3v) is 2.08. The summed E-state index contributed by atoms with van der Waals surface area (Å²) in [5.41, 5.74) is 0. The summed E-state index contributed by atoms with van der Waals surface area (Å²) < 4.78 is 85.7. The van der Waals surface area contributed by atoms with E-state index in [1.54, 1.807) is 0 Å². The van der Waals surface area contributed by atoms with Crippen molar-refractivity contribution in [3.8, 4) is 0 Å². The number of carbonyl (C=O) groups is 2. The Bertz CT molecular complexity index is 347. The van der Waals surface area contributed by atoms with Crippen molar-refractivity contribution < 1.29 is 45.4 Å². The Labute approximate surface area is 95.6 Å². The van der Waals surface area contributed by atoms with E-state index in [0.717, 1.165) is 6.92 Å². The highest BCUT2D eigenvalue weighted by molar-refractivity contribution is 6.02. The first-order valence-corrected chi connectivity index (χ1v) is 4.40. The summed E-state index contributed by atoms with van der Waals surface area (Å²) in [5.74, 6) is -20.6. The summed E-state index contributed by atoms with van der Waals surface area (Å²) in [6, 6.07) is 0. The molecule has 0 fully saturated rings. The minimum atomic E-state index is -6.66. The second kappa shape index (κ2) is 4.73. The van der Waals surface area contributed by atoms with Crippen LogP contribution in [-0.4, -0.2) is 34.9 Å². The first-order valence-electron chi connectivity index (χ1n) is 4.40. The maximum atomic E-state index is 12.8. The third-order valence-electron chi connectivity index (χ3n) is 2.08. The molecule has 1 N–H and O–H groups in total. The average Bonchev–Trinajstić information content (AvgIpc) is 2.15. The standard InChI is InChI=1S/C8H7F7O3/c1-2-3(5(17)18)4(16)6(9,10)7(11,12)8(13,14)15/h3H,2H2,1H3,(H,17,18)/t3-/m1/s1. The number of carboxylic acid groups (broad SMARTS) is 1. The molecule has 0 amide bonds. The van der Waals surface area contributed by atoms with Gasteiger partial charge in [-0.2, -0.15) is 30.7 Å². The lowest BCUT2D eigenvalue weighted by Crippen LogP contribution is -2.58. The molecule has 0 bridgehead atoms. The number of Topliss-reactive ketones (excluding diaryl/α,β-unsaturated/α-hetero) is 1. The van der Waals surface area contributed by atoms with Gasteiger partial charge in [0.15, 0.2) is 0 Å². The molecule has 10 heteroatoms. The van der Waals surface area contributed by atoms with Gasteiger partial charge in [-0.1, -0.05) is 6.92 Å². The molecular formula is C8H7F7O3. The molecule has 1 atom stereocenters. The van der Waals surface area contributed by atoms with E-state index < -0.39 is 42.1 Å². The van der Waals surface area contributed by atoms with E-state index in [-0.39, 0.29) is 0 Å². The molecule has 0 aromatic rings. The molecule has 0 aliphatic rings. The Morgan fingerprint density at radius 1 is 1.06 bits per heavy atom. The lowest BCUT2D eigenvalue weighted by Gasteiger charge is -2.28. The second-order valence-corrected chi connectivity index (χ2v) is 3.31. The van der Waals surface area contributed by atoms with Crippen LogP contribution in [-0.2, 0) is 9.59 Å². The van der Waals surface area contributed by atoms with Crippen LogP contribution < -0.4 is 0 Å². The number of rotatable bonds is 5. The van der Waals surface area contributed by atoms with Crippen molar-refractivity contribution in [2.24, 2.45) is 5.92 Å². The lowest BCUT2D eigenvalue weighted by atomic mass is 9.93. The molecule has 0 rings (SSSR count). The van der Waals surface area contributed by atoms with Gasteiger partial charge in [-0.05, 0) is 6.42 Å². The summed E-state index contributed by atoms with van der Waals surface area (Å²) in [5, 5.41) is 8.30. The number of carbonyl (C=O) groups excluding carboxylic acids is 1. The van der Waals surface area contributed by atoms with E-state index in [1.807, 2.05) is 0 Å². The van der Waals surface area contributed by atoms with Crippen LogP contribution in [0, 0.1) is 5.92 Å². The van der Waals surface area contributed by atoms with Gasteiger partial charge in [-0.3, -0.25) is 9.59 Å². The van der Waals surface area contributed by atoms with Gasteiger partial charge in [0.2, 0.25) is 5.78 Å². The van der Waals surface area contributed by atoms with Gasteiger partial charge in [0.05, 0.1) is 0 Å².